The van der Waals surface area contributed by atoms with Crippen LogP contribution in [0.25, 0.3) is 0 Å². The molecule has 0 atom stereocenters. The van der Waals surface area contributed by atoms with Crippen molar-refractivity contribution in [2.45, 2.75) is 24.7 Å². The molecule has 22 heavy (non-hydrogen) atoms. The zero-order chi connectivity index (χ0) is 16.5. The summed E-state index contributed by atoms with van der Waals surface area (Å²) < 4.78 is 62.3. The quantitative estimate of drug-likeness (QED) is 0.827. The molecular weight excluding hydrogens is 329 g/mol. The van der Waals surface area contributed by atoms with Gasteiger partial charge in [-0.1, -0.05) is 0 Å². The van der Waals surface area contributed by atoms with E-state index in [1.807, 2.05) is 0 Å². The number of hydrogen-bond acceptors (Lipinski definition) is 4. The Morgan fingerprint density at radius 3 is 2.27 bits per heavy atom. The van der Waals surface area contributed by atoms with E-state index < -0.39 is 25.7 Å². The van der Waals surface area contributed by atoms with Crippen LogP contribution in [0.3, 0.4) is 0 Å². The lowest BCUT2D eigenvalue weighted by atomic mass is 10.0. The first-order valence-corrected chi connectivity index (χ1v) is 10.5. The lowest BCUT2D eigenvalue weighted by Crippen LogP contribution is -2.39. The van der Waals surface area contributed by atoms with Gasteiger partial charge in [-0.15, -0.1) is 0 Å². The highest BCUT2D eigenvalue weighted by molar-refractivity contribution is 7.90. The number of aryl methyl sites for hydroxylation is 1. The summed E-state index contributed by atoms with van der Waals surface area (Å²) >= 11 is 0. The molecule has 0 spiro atoms. The minimum Gasteiger partial charge on any atom is -0.229 e. The van der Waals surface area contributed by atoms with Gasteiger partial charge in [-0.25, -0.2) is 21.2 Å². The van der Waals surface area contributed by atoms with Gasteiger partial charge < -0.3 is 0 Å². The molecule has 1 fully saturated rings. The molecule has 1 saturated heterocycles. The first-order chi connectivity index (χ1) is 10.1. The highest BCUT2D eigenvalue weighted by Crippen LogP contribution is 2.25. The molecule has 1 aliphatic rings. The number of benzene rings is 1. The zero-order valence-corrected chi connectivity index (χ0v) is 14.3. The minimum atomic E-state index is -3.65. The van der Waals surface area contributed by atoms with Crippen LogP contribution < -0.4 is 0 Å². The van der Waals surface area contributed by atoms with E-state index in [2.05, 4.69) is 0 Å². The third-order valence-electron chi connectivity index (χ3n) is 3.88. The lowest BCUT2D eigenvalue weighted by Gasteiger charge is -2.30. The molecule has 1 heterocycles. The number of nitrogens with zero attached hydrogens (tertiary/aromatic N) is 1. The van der Waals surface area contributed by atoms with E-state index in [1.54, 1.807) is 0 Å². The van der Waals surface area contributed by atoms with Crippen LogP contribution in [0.1, 0.15) is 18.4 Å². The molecule has 124 valence electrons. The fourth-order valence-electron chi connectivity index (χ4n) is 2.67. The van der Waals surface area contributed by atoms with E-state index in [-0.39, 0.29) is 22.1 Å². The molecule has 0 unspecified atom stereocenters. The van der Waals surface area contributed by atoms with Crippen molar-refractivity contribution < 1.29 is 21.2 Å². The van der Waals surface area contributed by atoms with Crippen molar-refractivity contribution in [2.24, 2.45) is 5.92 Å². The number of rotatable bonds is 4. The van der Waals surface area contributed by atoms with Gasteiger partial charge in [0.1, 0.15) is 15.7 Å². The first-order valence-electron chi connectivity index (χ1n) is 7.03. The van der Waals surface area contributed by atoms with Gasteiger partial charge in [0.05, 0.1) is 10.6 Å². The third kappa shape index (κ3) is 4.05. The number of sulfone groups is 1. The highest BCUT2D eigenvalue weighted by Gasteiger charge is 2.30. The Morgan fingerprint density at radius 1 is 1.18 bits per heavy atom. The topological polar surface area (TPSA) is 71.5 Å². The lowest BCUT2D eigenvalue weighted by molar-refractivity contribution is 0.289. The molecule has 5 nitrogen and oxygen atoms in total. The van der Waals surface area contributed by atoms with E-state index in [9.17, 15) is 21.2 Å². The SMILES string of the molecule is Cc1cc(S(=O)(=O)N2CCC(CS(C)(=O)=O)CC2)ccc1F. The summed E-state index contributed by atoms with van der Waals surface area (Å²) in [6, 6.07) is 3.74. The normalized spacial score (nSPS) is 18.5. The summed E-state index contributed by atoms with van der Waals surface area (Å²) in [5.41, 5.74) is 0.285. The molecule has 0 bridgehead atoms. The Balaban J connectivity index is 2.11. The van der Waals surface area contributed by atoms with Crippen LogP contribution in [0.4, 0.5) is 4.39 Å². The Hall–Kier alpha value is -0.990. The predicted molar refractivity (Wildman–Crippen MR) is 82.3 cm³/mol. The largest absolute Gasteiger partial charge is 0.243 e. The van der Waals surface area contributed by atoms with Crippen molar-refractivity contribution in [3.63, 3.8) is 0 Å². The van der Waals surface area contributed by atoms with E-state index in [4.69, 9.17) is 0 Å². The summed E-state index contributed by atoms with van der Waals surface area (Å²) in [6.45, 7) is 2.10. The van der Waals surface area contributed by atoms with Gasteiger partial charge in [0.15, 0.2) is 0 Å². The maximum Gasteiger partial charge on any atom is 0.243 e. The Morgan fingerprint density at radius 2 is 1.77 bits per heavy atom. The molecule has 1 aromatic rings. The maximum absolute atomic E-state index is 13.3. The maximum atomic E-state index is 13.3. The number of hydrogen-bond donors (Lipinski definition) is 0. The van der Waals surface area contributed by atoms with Crippen LogP contribution in [0, 0.1) is 18.7 Å². The zero-order valence-electron chi connectivity index (χ0n) is 12.6. The molecule has 1 aromatic carbocycles. The van der Waals surface area contributed by atoms with Gasteiger partial charge >= 0.3 is 0 Å². The van der Waals surface area contributed by atoms with Gasteiger partial charge in [0.25, 0.3) is 0 Å². The van der Waals surface area contributed by atoms with Crippen LogP contribution in [0.2, 0.25) is 0 Å². The van der Waals surface area contributed by atoms with Crippen molar-refractivity contribution in [2.75, 3.05) is 25.1 Å². The second-order valence-electron chi connectivity index (χ2n) is 5.85. The van der Waals surface area contributed by atoms with Gasteiger partial charge in [-0.2, -0.15) is 4.31 Å². The molecular formula is C14H20FNO4S2. The molecule has 0 radical (unpaired) electrons. The Bertz CT molecular complexity index is 751. The average molecular weight is 349 g/mol. The van der Waals surface area contributed by atoms with Crippen molar-refractivity contribution in [3.8, 4) is 0 Å². The number of sulfonamides is 1. The molecule has 0 amide bonds. The summed E-state index contributed by atoms with van der Waals surface area (Å²) in [6.07, 6.45) is 2.23. The van der Waals surface area contributed by atoms with Crippen molar-refractivity contribution >= 4 is 19.9 Å². The molecule has 0 N–H and O–H groups in total. The predicted octanol–water partition coefficient (Wildman–Crippen LogP) is 1.58. The van der Waals surface area contributed by atoms with Crippen LogP contribution in [-0.2, 0) is 19.9 Å². The monoisotopic (exact) mass is 349 g/mol. The van der Waals surface area contributed by atoms with Crippen LogP contribution in [0.5, 0.6) is 0 Å². The molecule has 0 aliphatic carbocycles. The second kappa shape index (κ2) is 6.25. The Kier molecular flexibility index (Phi) is 4.93. The van der Waals surface area contributed by atoms with Crippen LogP contribution in [-0.4, -0.2) is 46.2 Å². The smallest absolute Gasteiger partial charge is 0.229 e. The fraction of sp³-hybridized carbons (Fsp3) is 0.571. The van der Waals surface area contributed by atoms with Crippen molar-refractivity contribution in [1.82, 2.24) is 4.31 Å². The van der Waals surface area contributed by atoms with Crippen molar-refractivity contribution in [1.29, 1.82) is 0 Å². The molecule has 8 heteroatoms. The third-order valence-corrected chi connectivity index (χ3v) is 6.85. The van der Waals surface area contributed by atoms with Gasteiger partial charge in [0.2, 0.25) is 10.0 Å². The van der Waals surface area contributed by atoms with Crippen molar-refractivity contribution in [3.05, 3.63) is 29.6 Å². The van der Waals surface area contributed by atoms with Gasteiger partial charge in [-0.05, 0) is 49.4 Å². The highest BCUT2D eigenvalue weighted by atomic mass is 32.2. The second-order valence-corrected chi connectivity index (χ2v) is 9.97. The van der Waals surface area contributed by atoms with Crippen LogP contribution in [0.15, 0.2) is 23.1 Å². The molecule has 0 aromatic heterocycles. The Labute approximate surface area is 131 Å². The molecule has 2 rings (SSSR count). The van der Waals surface area contributed by atoms with Gasteiger partial charge in [0, 0.05) is 19.3 Å². The summed E-state index contributed by atoms with van der Waals surface area (Å²) in [5.74, 6) is -0.349. The molecule has 1 aliphatic heterocycles. The minimum absolute atomic E-state index is 0.00333. The van der Waals surface area contributed by atoms with E-state index >= 15 is 0 Å². The standard InChI is InChI=1S/C14H20FNO4S2/c1-11-9-13(3-4-14(11)15)22(19,20)16-7-5-12(6-8-16)10-21(2,17)18/h3-4,9,12H,5-8,10H2,1-2H3. The summed E-state index contributed by atoms with van der Waals surface area (Å²) in [7, 11) is -6.70. The number of piperidine rings is 1. The fourth-order valence-corrected chi connectivity index (χ4v) is 5.42. The van der Waals surface area contributed by atoms with E-state index in [1.165, 1.54) is 29.6 Å². The summed E-state index contributed by atoms with van der Waals surface area (Å²) in [4.78, 5) is 0.0768. The first kappa shape index (κ1) is 17.4. The summed E-state index contributed by atoms with van der Waals surface area (Å²) in [5, 5.41) is 0. The van der Waals surface area contributed by atoms with Gasteiger partial charge in [-0.3, -0.25) is 0 Å². The molecule has 0 saturated carbocycles. The van der Waals surface area contributed by atoms with E-state index in [0.29, 0.717) is 25.9 Å². The average Bonchev–Trinajstić information content (AvgIpc) is 2.40. The van der Waals surface area contributed by atoms with Crippen LogP contribution >= 0.6 is 0 Å². The number of halogens is 1. The van der Waals surface area contributed by atoms with E-state index in [0.717, 1.165) is 6.07 Å².